The molecule has 30 heteroatoms. The molecule has 3 rings (SSSR count). The monoisotopic (exact) mass is 1130 g/mol. The number of aliphatic hydroxyl groups excluding tert-OH is 1. The molecule has 30 nitrogen and oxygen atoms in total. The molecule has 81 heavy (non-hydrogen) atoms. The summed E-state index contributed by atoms with van der Waals surface area (Å²) < 4.78 is 0. The average molecular weight is 1140 g/mol. The molecular formula is C51H66N12O18. The lowest BCUT2D eigenvalue weighted by atomic mass is 10.0. The van der Waals surface area contributed by atoms with Crippen molar-refractivity contribution >= 4 is 77.1 Å². The summed E-state index contributed by atoms with van der Waals surface area (Å²) in [5.41, 5.74) is 17.7. The zero-order chi connectivity index (χ0) is 60.3. The van der Waals surface area contributed by atoms with Crippen molar-refractivity contribution in [2.75, 3.05) is 13.1 Å². The second-order valence-electron chi connectivity index (χ2n) is 18.3. The Labute approximate surface area is 462 Å². The van der Waals surface area contributed by atoms with Crippen LogP contribution in [0, 0.1) is 0 Å². The number of phenols is 1. The van der Waals surface area contributed by atoms with Gasteiger partial charge in [-0.25, -0.2) is 4.79 Å². The van der Waals surface area contributed by atoms with Crippen LogP contribution in [0.25, 0.3) is 0 Å². The maximum Gasteiger partial charge on any atom is 0.326 e. The second kappa shape index (κ2) is 32.9. The minimum absolute atomic E-state index is 0.0373. The zero-order valence-electron chi connectivity index (χ0n) is 43.6. The van der Waals surface area contributed by atoms with E-state index in [9.17, 15) is 83.1 Å². The highest BCUT2D eigenvalue weighted by Gasteiger charge is 2.36. The number of amides is 8. The summed E-state index contributed by atoms with van der Waals surface area (Å²) in [5.74, 6) is -15.8. The molecule has 0 saturated carbocycles. The number of nitrogens with one attached hydrogen (secondary N) is 8. The van der Waals surface area contributed by atoms with Crippen LogP contribution in [-0.4, -0.2) is 175 Å². The van der Waals surface area contributed by atoms with Gasteiger partial charge in [-0.05, 0) is 48.6 Å². The number of benzene rings is 3. The molecule has 9 atom stereocenters. The summed E-state index contributed by atoms with van der Waals surface area (Å²) in [5, 5.41) is 76.4. The number of aliphatic carboxylic acids is 4. The number of aliphatic imine (C=N–C) groups is 1. The molecule has 0 aromatic heterocycles. The number of guanidine groups is 1. The molecule has 0 saturated heterocycles. The van der Waals surface area contributed by atoms with Crippen molar-refractivity contribution in [3.05, 3.63) is 102 Å². The Kier molecular flexibility index (Phi) is 26.6. The Balaban J connectivity index is 1.94. The molecule has 0 heterocycles. The third kappa shape index (κ3) is 24.2. The number of hydrogen-bond donors (Lipinski definition) is 17. The highest BCUT2D eigenvalue weighted by molar-refractivity contribution is 5.99. The van der Waals surface area contributed by atoms with Crippen molar-refractivity contribution in [2.24, 2.45) is 22.2 Å². The van der Waals surface area contributed by atoms with Crippen molar-refractivity contribution < 1.29 is 88.2 Å². The minimum Gasteiger partial charge on any atom is -0.508 e. The van der Waals surface area contributed by atoms with E-state index in [1.807, 2.05) is 0 Å². The first-order valence-electron chi connectivity index (χ1n) is 24.8. The van der Waals surface area contributed by atoms with Crippen LogP contribution in [-0.2, 0) is 76.8 Å². The van der Waals surface area contributed by atoms with Gasteiger partial charge >= 0.3 is 23.9 Å². The number of phenolic OH excluding ortho intramolecular Hbond substituents is 1. The molecule has 0 aliphatic heterocycles. The highest BCUT2D eigenvalue weighted by Crippen LogP contribution is 2.13. The summed E-state index contributed by atoms with van der Waals surface area (Å²) in [7, 11) is 0. The number of nitrogens with zero attached hydrogens (tertiary/aromatic N) is 1. The van der Waals surface area contributed by atoms with Gasteiger partial charge in [0.2, 0.25) is 47.3 Å². The molecule has 0 fully saturated rings. The average Bonchev–Trinajstić information content (AvgIpc) is 3.39. The Morgan fingerprint density at radius 1 is 0.494 bits per heavy atom. The molecule has 0 radical (unpaired) electrons. The number of carboxylic acid groups (broad SMARTS) is 4. The van der Waals surface area contributed by atoms with Gasteiger partial charge in [-0.1, -0.05) is 72.8 Å². The SMILES string of the molecule is C[C@@H](O)[C@H](NC(=O)[C@@H](N)CC(=O)O)C(=O)NCC(=O)N[C@@H](CC(=O)O)C(=O)N[C@@H](CCCN=C(N)N)C(=O)N[C@@H](Cc1ccccc1)C(=O)N[C@@H](Cc1ccccc1)C(=O)N[C@@H](CC(=O)O)C(=O)N[C@@H](Cc1ccc(O)cc1)C(=O)O. The van der Waals surface area contributed by atoms with Crippen LogP contribution in [0.3, 0.4) is 0 Å². The van der Waals surface area contributed by atoms with Crippen LogP contribution >= 0.6 is 0 Å². The van der Waals surface area contributed by atoms with Crippen molar-refractivity contribution in [1.82, 2.24) is 42.5 Å². The van der Waals surface area contributed by atoms with E-state index in [0.29, 0.717) is 16.7 Å². The van der Waals surface area contributed by atoms with Gasteiger partial charge in [0.15, 0.2) is 5.96 Å². The molecule has 0 aliphatic carbocycles. The number of rotatable bonds is 34. The van der Waals surface area contributed by atoms with Gasteiger partial charge in [0.1, 0.15) is 48.0 Å². The van der Waals surface area contributed by atoms with Crippen molar-refractivity contribution in [2.45, 2.75) is 113 Å². The summed E-state index contributed by atoms with van der Waals surface area (Å²) in [6.45, 7) is -0.0123. The number of carbonyl (C=O) groups is 12. The van der Waals surface area contributed by atoms with Crippen molar-refractivity contribution in [1.29, 1.82) is 0 Å². The highest BCUT2D eigenvalue weighted by atomic mass is 16.4. The molecule has 0 bridgehead atoms. The summed E-state index contributed by atoms with van der Waals surface area (Å²) >= 11 is 0. The largest absolute Gasteiger partial charge is 0.508 e. The van der Waals surface area contributed by atoms with E-state index in [-0.39, 0.29) is 50.4 Å². The number of carbonyl (C=O) groups excluding carboxylic acids is 8. The predicted octanol–water partition coefficient (Wildman–Crippen LogP) is -4.80. The molecule has 0 unspecified atom stereocenters. The first-order chi connectivity index (χ1) is 38.2. The number of nitrogens with two attached hydrogens (primary N) is 3. The summed E-state index contributed by atoms with van der Waals surface area (Å²) in [6.07, 6.45) is -5.82. The van der Waals surface area contributed by atoms with Crippen LogP contribution < -0.4 is 59.7 Å². The lowest BCUT2D eigenvalue weighted by Gasteiger charge is -2.27. The Morgan fingerprint density at radius 2 is 0.901 bits per heavy atom. The summed E-state index contributed by atoms with van der Waals surface area (Å²) in [6, 6.07) is 7.69. The van der Waals surface area contributed by atoms with E-state index in [1.54, 1.807) is 60.7 Å². The van der Waals surface area contributed by atoms with Gasteiger partial charge < -0.3 is 90.4 Å². The smallest absolute Gasteiger partial charge is 0.326 e. The Hall–Kier alpha value is -9.71. The van der Waals surface area contributed by atoms with Gasteiger partial charge in [-0.15, -0.1) is 0 Å². The van der Waals surface area contributed by atoms with E-state index < -0.39 is 151 Å². The molecule has 20 N–H and O–H groups in total. The fourth-order valence-corrected chi connectivity index (χ4v) is 7.56. The number of aromatic hydroxyl groups is 1. The van der Waals surface area contributed by atoms with Crippen LogP contribution in [0.1, 0.15) is 55.7 Å². The lowest BCUT2D eigenvalue weighted by molar-refractivity contribution is -0.144. The van der Waals surface area contributed by atoms with E-state index in [2.05, 4.69) is 47.5 Å². The molecule has 0 aliphatic rings. The van der Waals surface area contributed by atoms with E-state index in [4.69, 9.17) is 22.3 Å². The standard InChI is InChI=1S/C51H66N12O18/c1-26(64)42(63-43(73)31(52)22-39(67)68)49(79)56-25-38(66)57-35(23-40(69)70)47(77)58-32(13-8-18-55-51(53)54)44(74)59-33(19-27-9-4-2-5-10-27)45(75)60-34(20-28-11-6-3-7-12-28)46(76)61-36(24-41(71)72)48(78)62-37(50(80)81)21-29-14-16-30(65)17-15-29/h2-7,9-12,14-17,26,31-37,42,64-65H,8,13,18-25,52H2,1H3,(H,56,79)(H,57,66)(H,58,77)(H,59,74)(H,60,75)(H,61,76)(H,62,78)(H,63,73)(H,67,68)(H,69,70)(H,71,72)(H,80,81)(H4,53,54,55)/t26-,31+,32+,33+,34+,35+,36+,37+,42+/m1/s1. The molecule has 438 valence electrons. The van der Waals surface area contributed by atoms with Crippen molar-refractivity contribution in [3.63, 3.8) is 0 Å². The molecule has 3 aromatic rings. The third-order valence-electron chi connectivity index (χ3n) is 11.7. The van der Waals surface area contributed by atoms with Gasteiger partial charge in [0.05, 0.1) is 38.0 Å². The number of carboxylic acids is 4. The maximum atomic E-state index is 14.5. The number of aliphatic hydroxyl groups is 1. The molecule has 8 amide bonds. The normalized spacial score (nSPS) is 14.1. The van der Waals surface area contributed by atoms with Crippen LogP contribution in [0.4, 0.5) is 0 Å². The zero-order valence-corrected chi connectivity index (χ0v) is 43.6. The van der Waals surface area contributed by atoms with Gasteiger partial charge in [-0.3, -0.25) is 57.7 Å². The fraction of sp³-hybridized carbons (Fsp3) is 0.392. The van der Waals surface area contributed by atoms with E-state index >= 15 is 0 Å². The van der Waals surface area contributed by atoms with Gasteiger partial charge in [0.25, 0.3) is 0 Å². The number of hydrogen-bond acceptors (Lipinski definition) is 16. The minimum atomic E-state index is -1.96. The van der Waals surface area contributed by atoms with E-state index in [0.717, 1.165) is 6.92 Å². The van der Waals surface area contributed by atoms with Crippen molar-refractivity contribution in [3.8, 4) is 5.75 Å². The quantitative estimate of drug-likeness (QED) is 0.0152. The van der Waals surface area contributed by atoms with Crippen LogP contribution in [0.2, 0.25) is 0 Å². The third-order valence-corrected chi connectivity index (χ3v) is 11.7. The molecular weight excluding hydrogens is 1070 g/mol. The summed E-state index contributed by atoms with van der Waals surface area (Å²) in [4.78, 5) is 160. The first kappa shape index (κ1) is 65.6. The van der Waals surface area contributed by atoms with Gasteiger partial charge in [-0.2, -0.15) is 0 Å². The molecule has 3 aromatic carbocycles. The first-order valence-corrected chi connectivity index (χ1v) is 24.8. The fourth-order valence-electron chi connectivity index (χ4n) is 7.56. The lowest BCUT2D eigenvalue weighted by Crippen LogP contribution is -2.60. The second-order valence-corrected chi connectivity index (χ2v) is 18.3. The van der Waals surface area contributed by atoms with Gasteiger partial charge in [0, 0.05) is 25.8 Å². The predicted molar refractivity (Wildman–Crippen MR) is 283 cm³/mol. The van der Waals surface area contributed by atoms with Crippen LogP contribution in [0.5, 0.6) is 5.75 Å². The molecule has 0 spiro atoms. The Bertz CT molecular complexity index is 2730. The maximum absolute atomic E-state index is 14.5. The van der Waals surface area contributed by atoms with E-state index in [1.165, 1.54) is 24.3 Å². The van der Waals surface area contributed by atoms with Crippen LogP contribution in [0.15, 0.2) is 89.9 Å². The Morgan fingerprint density at radius 3 is 1.36 bits per heavy atom. The topological polar surface area (TPSA) is 513 Å².